The number of aromatic nitrogens is 2. The van der Waals surface area contributed by atoms with E-state index in [9.17, 15) is 18.0 Å². The minimum atomic E-state index is -4.42. The molecule has 1 atom stereocenters. The van der Waals surface area contributed by atoms with Crippen molar-refractivity contribution in [2.75, 3.05) is 19.8 Å². The molecule has 6 nitrogen and oxygen atoms in total. The first-order valence-electron chi connectivity index (χ1n) is 8.42. The molecule has 142 valence electrons. The van der Waals surface area contributed by atoms with Crippen LogP contribution < -0.4 is 5.73 Å². The molecule has 1 aliphatic heterocycles. The summed E-state index contributed by atoms with van der Waals surface area (Å²) in [5.74, 6) is -0.0462. The van der Waals surface area contributed by atoms with E-state index < -0.39 is 11.7 Å². The van der Waals surface area contributed by atoms with Crippen molar-refractivity contribution < 1.29 is 22.7 Å². The van der Waals surface area contributed by atoms with E-state index in [4.69, 9.17) is 10.5 Å². The number of nitrogens with two attached hydrogens (primary N) is 1. The number of carbonyl (C=O) groups is 1. The first kappa shape index (κ1) is 18.7. The quantitative estimate of drug-likeness (QED) is 0.819. The number of rotatable bonds is 5. The lowest BCUT2D eigenvalue weighted by Gasteiger charge is -2.28. The van der Waals surface area contributed by atoms with Gasteiger partial charge in [0.1, 0.15) is 5.65 Å². The van der Waals surface area contributed by atoms with Gasteiger partial charge in [-0.15, -0.1) is 0 Å². The summed E-state index contributed by atoms with van der Waals surface area (Å²) in [7, 11) is 0. The highest BCUT2D eigenvalue weighted by Gasteiger charge is 2.32. The molecular weight excluding hydrogens is 349 g/mol. The van der Waals surface area contributed by atoms with Gasteiger partial charge in [-0.1, -0.05) is 0 Å². The molecular formula is C17H21F3N4O2. The number of carbonyl (C=O) groups excluding carboxylic acids is 1. The molecule has 3 rings (SSSR count). The molecule has 9 heteroatoms. The smallest absolute Gasteiger partial charge is 0.379 e. The predicted molar refractivity (Wildman–Crippen MR) is 89.2 cm³/mol. The number of hydrogen-bond acceptors (Lipinski definition) is 4. The second-order valence-corrected chi connectivity index (χ2v) is 6.54. The molecule has 26 heavy (non-hydrogen) atoms. The highest BCUT2D eigenvalue weighted by Crippen LogP contribution is 2.32. The molecule has 0 aliphatic carbocycles. The van der Waals surface area contributed by atoms with E-state index in [-0.39, 0.29) is 18.4 Å². The monoisotopic (exact) mass is 370 g/mol. The van der Waals surface area contributed by atoms with Crippen molar-refractivity contribution in [3.63, 3.8) is 0 Å². The van der Waals surface area contributed by atoms with E-state index in [2.05, 4.69) is 4.98 Å². The molecule has 2 N–H and O–H groups in total. The number of fused-ring (bicyclic) bond motifs is 3. The van der Waals surface area contributed by atoms with E-state index in [1.807, 2.05) is 11.5 Å². The zero-order valence-corrected chi connectivity index (χ0v) is 14.4. The fourth-order valence-corrected chi connectivity index (χ4v) is 3.03. The Hall–Kier alpha value is -2.13. The Balaban J connectivity index is 1.69. The maximum absolute atomic E-state index is 12.8. The fraction of sp³-hybridized carbons (Fsp3) is 0.529. The second kappa shape index (κ2) is 7.24. The zero-order valence-electron chi connectivity index (χ0n) is 14.4. The Morgan fingerprint density at radius 2 is 2.15 bits per heavy atom. The Morgan fingerprint density at radius 3 is 2.85 bits per heavy atom. The summed E-state index contributed by atoms with van der Waals surface area (Å²) >= 11 is 0. The number of nitrogens with zero attached hydrogens (tertiary/aromatic N) is 3. The minimum absolute atomic E-state index is 0.0462. The van der Waals surface area contributed by atoms with Crippen LogP contribution in [0, 0.1) is 0 Å². The van der Waals surface area contributed by atoms with Crippen LogP contribution in [0.5, 0.6) is 0 Å². The van der Waals surface area contributed by atoms with Crippen molar-refractivity contribution in [3.8, 4) is 0 Å². The Kier molecular flexibility index (Phi) is 5.19. The standard InChI is InChI=1S/C17H21F3N4O2/c1-11(21)10-26-5-2-15(25)23-3-4-24-14(9-23)7-12-6-13(17(18,19)20)8-22-16(12)24/h6-8,11H,2-5,9-10,21H2,1H3/t11-/m0/s1. The molecule has 2 aromatic rings. The van der Waals surface area contributed by atoms with Gasteiger partial charge in [-0.3, -0.25) is 4.79 Å². The molecule has 1 aliphatic rings. The van der Waals surface area contributed by atoms with Crippen molar-refractivity contribution in [1.29, 1.82) is 0 Å². The van der Waals surface area contributed by atoms with E-state index in [1.54, 1.807) is 11.0 Å². The Labute approximate surface area is 148 Å². The van der Waals surface area contributed by atoms with E-state index in [1.165, 1.54) is 0 Å². The van der Waals surface area contributed by atoms with Gasteiger partial charge in [0, 0.05) is 36.4 Å². The van der Waals surface area contributed by atoms with Crippen LogP contribution >= 0.6 is 0 Å². The van der Waals surface area contributed by atoms with Gasteiger partial charge in [-0.2, -0.15) is 13.2 Å². The van der Waals surface area contributed by atoms with Crippen molar-refractivity contribution in [3.05, 3.63) is 29.6 Å². The summed E-state index contributed by atoms with van der Waals surface area (Å²) < 4.78 is 45.7. The number of amides is 1. The normalized spacial score (nSPS) is 16.0. The largest absolute Gasteiger partial charge is 0.417 e. The molecule has 0 unspecified atom stereocenters. The van der Waals surface area contributed by atoms with Crippen LogP contribution in [0.1, 0.15) is 24.6 Å². The third-order valence-electron chi connectivity index (χ3n) is 4.29. The summed E-state index contributed by atoms with van der Waals surface area (Å²) in [5, 5.41) is 0.435. The average molecular weight is 370 g/mol. The third-order valence-corrected chi connectivity index (χ3v) is 4.29. The van der Waals surface area contributed by atoms with Gasteiger partial charge in [0.05, 0.1) is 31.7 Å². The molecule has 0 fully saturated rings. The van der Waals surface area contributed by atoms with Gasteiger partial charge in [-0.25, -0.2) is 4.98 Å². The first-order chi connectivity index (χ1) is 12.3. The van der Waals surface area contributed by atoms with E-state index >= 15 is 0 Å². The lowest BCUT2D eigenvalue weighted by Crippen LogP contribution is -2.38. The van der Waals surface area contributed by atoms with Gasteiger partial charge in [0.2, 0.25) is 5.91 Å². The number of alkyl halides is 3. The summed E-state index contributed by atoms with van der Waals surface area (Å²) in [6, 6.07) is 2.69. The summed E-state index contributed by atoms with van der Waals surface area (Å²) in [6.07, 6.45) is -3.32. The van der Waals surface area contributed by atoms with Crippen molar-refractivity contribution in [2.45, 2.75) is 38.7 Å². The van der Waals surface area contributed by atoms with Crippen LogP contribution in [-0.2, 0) is 28.8 Å². The molecule has 0 bridgehead atoms. The van der Waals surface area contributed by atoms with Gasteiger partial charge in [0.15, 0.2) is 0 Å². The lowest BCUT2D eigenvalue weighted by molar-refractivity contribution is -0.137. The summed E-state index contributed by atoms with van der Waals surface area (Å²) in [6.45, 7) is 3.87. The number of pyridine rings is 1. The SMILES string of the molecule is C[C@H](N)COCCC(=O)N1CCn2c(cc3cc(C(F)(F)F)cnc32)C1. The van der Waals surface area contributed by atoms with Crippen LogP contribution in [0.15, 0.2) is 18.3 Å². The molecule has 0 spiro atoms. The molecule has 0 saturated heterocycles. The second-order valence-electron chi connectivity index (χ2n) is 6.54. The number of halogens is 3. The fourth-order valence-electron chi connectivity index (χ4n) is 3.03. The van der Waals surface area contributed by atoms with Crippen molar-refractivity contribution in [2.24, 2.45) is 5.73 Å². The third kappa shape index (κ3) is 3.99. The zero-order chi connectivity index (χ0) is 18.9. The molecule has 0 radical (unpaired) electrons. The molecule has 0 saturated carbocycles. The maximum Gasteiger partial charge on any atom is 0.417 e. The lowest BCUT2D eigenvalue weighted by atomic mass is 10.2. The Morgan fingerprint density at radius 1 is 1.38 bits per heavy atom. The maximum atomic E-state index is 12.8. The predicted octanol–water partition coefficient (Wildman–Crippen LogP) is 2.15. The van der Waals surface area contributed by atoms with Crippen LogP contribution in [0.25, 0.3) is 11.0 Å². The highest BCUT2D eigenvalue weighted by atomic mass is 19.4. The molecule has 2 aromatic heterocycles. The van der Waals surface area contributed by atoms with Gasteiger partial charge >= 0.3 is 6.18 Å². The highest BCUT2D eigenvalue weighted by molar-refractivity contribution is 5.80. The van der Waals surface area contributed by atoms with E-state index in [0.717, 1.165) is 18.0 Å². The molecule has 0 aromatic carbocycles. The molecule has 3 heterocycles. The van der Waals surface area contributed by atoms with Crippen LogP contribution in [-0.4, -0.2) is 46.2 Å². The van der Waals surface area contributed by atoms with Gasteiger partial charge in [-0.05, 0) is 19.1 Å². The number of hydrogen-bond donors (Lipinski definition) is 1. The Bertz CT molecular complexity index is 801. The van der Waals surface area contributed by atoms with Gasteiger partial charge in [0.25, 0.3) is 0 Å². The summed E-state index contributed by atoms with van der Waals surface area (Å²) in [4.78, 5) is 18.0. The average Bonchev–Trinajstić information content (AvgIpc) is 2.94. The number of ether oxygens (including phenoxy) is 1. The first-order valence-corrected chi connectivity index (χ1v) is 8.42. The van der Waals surface area contributed by atoms with Crippen LogP contribution in [0.2, 0.25) is 0 Å². The minimum Gasteiger partial charge on any atom is -0.379 e. The van der Waals surface area contributed by atoms with Crippen molar-refractivity contribution in [1.82, 2.24) is 14.5 Å². The van der Waals surface area contributed by atoms with E-state index in [0.29, 0.717) is 43.9 Å². The molecule has 1 amide bonds. The van der Waals surface area contributed by atoms with Gasteiger partial charge < -0.3 is 19.9 Å². The van der Waals surface area contributed by atoms with Crippen molar-refractivity contribution >= 4 is 16.9 Å². The summed E-state index contributed by atoms with van der Waals surface area (Å²) in [5.41, 5.74) is 6.10. The topological polar surface area (TPSA) is 73.4 Å². The van der Waals surface area contributed by atoms with Crippen LogP contribution in [0.4, 0.5) is 13.2 Å². The van der Waals surface area contributed by atoms with Crippen LogP contribution in [0.3, 0.4) is 0 Å².